The third-order valence-electron chi connectivity index (χ3n) is 5.93. The van der Waals surface area contributed by atoms with Crippen LogP contribution in [0.25, 0.3) is 0 Å². The van der Waals surface area contributed by atoms with E-state index in [4.69, 9.17) is 16.3 Å². The molecule has 214 valence electrons. The minimum atomic E-state index is -4.25. The summed E-state index contributed by atoms with van der Waals surface area (Å²) in [6.07, 6.45) is 0. The van der Waals surface area contributed by atoms with Crippen LogP contribution < -0.4 is 14.4 Å². The Kier molecular flexibility index (Phi) is 10.3. The molecule has 11 heteroatoms. The van der Waals surface area contributed by atoms with Crippen LogP contribution >= 0.6 is 27.5 Å². The molecule has 0 aliphatic carbocycles. The van der Waals surface area contributed by atoms with Crippen molar-refractivity contribution in [3.63, 3.8) is 0 Å². The Hall–Kier alpha value is -3.08. The topological polar surface area (TPSA) is 96.0 Å². The molecule has 0 aromatic heterocycles. The summed E-state index contributed by atoms with van der Waals surface area (Å²) < 4.78 is 35.1. The van der Waals surface area contributed by atoms with Gasteiger partial charge in [0.25, 0.3) is 10.0 Å². The Morgan fingerprint density at radius 1 is 1.02 bits per heavy atom. The van der Waals surface area contributed by atoms with E-state index in [-0.39, 0.29) is 33.8 Å². The van der Waals surface area contributed by atoms with Gasteiger partial charge in [-0.25, -0.2) is 8.42 Å². The lowest BCUT2D eigenvalue weighted by Gasteiger charge is -2.33. The molecule has 0 saturated heterocycles. The average Bonchev–Trinajstić information content (AvgIpc) is 2.89. The zero-order valence-electron chi connectivity index (χ0n) is 23.0. The summed E-state index contributed by atoms with van der Waals surface area (Å²) in [6, 6.07) is 18.8. The first-order chi connectivity index (χ1) is 18.7. The fourth-order valence-corrected chi connectivity index (χ4v) is 6.03. The molecule has 3 aromatic rings. The van der Waals surface area contributed by atoms with Gasteiger partial charge in [-0.3, -0.25) is 13.9 Å². The molecule has 0 bridgehead atoms. The number of carbonyl (C=O) groups excluding carboxylic acids is 2. The summed E-state index contributed by atoms with van der Waals surface area (Å²) in [5.74, 6) is -0.736. The smallest absolute Gasteiger partial charge is 0.264 e. The van der Waals surface area contributed by atoms with Crippen LogP contribution in [0, 0.1) is 0 Å². The molecule has 40 heavy (non-hydrogen) atoms. The van der Waals surface area contributed by atoms with Gasteiger partial charge < -0.3 is 15.0 Å². The van der Waals surface area contributed by atoms with Gasteiger partial charge in [0.05, 0.1) is 17.7 Å². The normalized spacial score (nSPS) is 12.4. The number of anilines is 1. The molecule has 1 unspecified atom stereocenters. The second kappa shape index (κ2) is 13.1. The van der Waals surface area contributed by atoms with Crippen LogP contribution in [0.2, 0.25) is 5.02 Å². The van der Waals surface area contributed by atoms with Gasteiger partial charge in [0.1, 0.15) is 18.3 Å². The van der Waals surface area contributed by atoms with Gasteiger partial charge in [-0.15, -0.1) is 0 Å². The standard InChI is InChI=1S/C29H33BrClN3O5S/c1-20(28(36)32-29(2,3)4)33(18-21-10-9-11-22(30)16-21)27(35)19-34(25-17-23(31)14-15-26(25)39-5)40(37,38)24-12-7-6-8-13-24/h6-17,20H,18-19H2,1-5H3,(H,32,36). The molecular formula is C29H33BrClN3O5S. The first kappa shape index (κ1) is 31.4. The van der Waals surface area contributed by atoms with E-state index in [1.165, 1.54) is 36.3 Å². The lowest BCUT2D eigenvalue weighted by Crippen LogP contribution is -2.54. The van der Waals surface area contributed by atoms with Crippen molar-refractivity contribution in [1.82, 2.24) is 10.2 Å². The SMILES string of the molecule is COc1ccc(Cl)cc1N(CC(=O)N(Cc1cccc(Br)c1)C(C)C(=O)NC(C)(C)C)S(=O)(=O)c1ccccc1. The van der Waals surface area contributed by atoms with E-state index in [0.29, 0.717) is 0 Å². The molecule has 0 saturated carbocycles. The number of carbonyl (C=O) groups is 2. The molecular weight excluding hydrogens is 618 g/mol. The maximum atomic E-state index is 14.0. The van der Waals surface area contributed by atoms with Crippen LogP contribution in [-0.4, -0.2) is 50.4 Å². The van der Waals surface area contributed by atoms with E-state index < -0.39 is 34.1 Å². The Balaban J connectivity index is 2.10. The van der Waals surface area contributed by atoms with Crippen molar-refractivity contribution in [2.75, 3.05) is 18.0 Å². The highest BCUT2D eigenvalue weighted by atomic mass is 79.9. The summed E-state index contributed by atoms with van der Waals surface area (Å²) in [7, 11) is -2.84. The number of hydrogen-bond donors (Lipinski definition) is 1. The van der Waals surface area contributed by atoms with E-state index in [0.717, 1.165) is 14.3 Å². The fraction of sp³-hybridized carbons (Fsp3) is 0.310. The van der Waals surface area contributed by atoms with Gasteiger partial charge in [0, 0.05) is 21.6 Å². The van der Waals surface area contributed by atoms with Crippen molar-refractivity contribution in [2.45, 2.75) is 50.7 Å². The van der Waals surface area contributed by atoms with E-state index in [1.54, 1.807) is 31.2 Å². The number of hydrogen-bond acceptors (Lipinski definition) is 5. The number of benzene rings is 3. The lowest BCUT2D eigenvalue weighted by molar-refractivity contribution is -0.140. The molecule has 0 heterocycles. The molecule has 1 atom stereocenters. The minimum Gasteiger partial charge on any atom is -0.495 e. The van der Waals surface area contributed by atoms with Gasteiger partial charge in [-0.05, 0) is 75.7 Å². The summed E-state index contributed by atoms with van der Waals surface area (Å²) in [5.41, 5.74) is 0.324. The molecule has 1 N–H and O–H groups in total. The van der Waals surface area contributed by atoms with Crippen molar-refractivity contribution in [3.8, 4) is 5.75 Å². The molecule has 3 aromatic carbocycles. The largest absolute Gasteiger partial charge is 0.495 e. The Morgan fingerprint density at radius 3 is 2.30 bits per heavy atom. The summed E-state index contributed by atoms with van der Waals surface area (Å²) in [4.78, 5) is 28.6. The quantitative estimate of drug-likeness (QED) is 0.307. The van der Waals surface area contributed by atoms with Crippen molar-refractivity contribution in [2.24, 2.45) is 0 Å². The van der Waals surface area contributed by atoms with Gasteiger partial charge in [0.15, 0.2) is 0 Å². The van der Waals surface area contributed by atoms with Gasteiger partial charge in [-0.2, -0.15) is 0 Å². The molecule has 8 nitrogen and oxygen atoms in total. The van der Waals surface area contributed by atoms with Gasteiger partial charge in [0.2, 0.25) is 11.8 Å². The summed E-state index contributed by atoms with van der Waals surface area (Å²) in [5, 5.41) is 3.17. The molecule has 2 amide bonds. The number of rotatable bonds is 10. The van der Waals surface area contributed by atoms with Crippen LogP contribution in [0.1, 0.15) is 33.3 Å². The third kappa shape index (κ3) is 7.99. The molecule has 0 aliphatic rings. The van der Waals surface area contributed by atoms with Crippen molar-refractivity contribution >= 4 is 55.1 Å². The first-order valence-corrected chi connectivity index (χ1v) is 15.1. The highest BCUT2D eigenvalue weighted by molar-refractivity contribution is 9.10. The number of nitrogens with zero attached hydrogens (tertiary/aromatic N) is 2. The molecule has 3 rings (SSSR count). The second-order valence-corrected chi connectivity index (χ2v) is 13.4. The van der Waals surface area contributed by atoms with Crippen molar-refractivity contribution < 1.29 is 22.7 Å². The number of nitrogens with one attached hydrogen (secondary N) is 1. The highest BCUT2D eigenvalue weighted by Crippen LogP contribution is 2.35. The van der Waals surface area contributed by atoms with Crippen molar-refractivity contribution in [3.05, 3.63) is 87.9 Å². The zero-order chi connectivity index (χ0) is 29.7. The lowest BCUT2D eigenvalue weighted by atomic mass is 10.1. The Labute approximate surface area is 249 Å². The van der Waals surface area contributed by atoms with E-state index in [1.807, 2.05) is 45.0 Å². The molecule has 0 fully saturated rings. The number of halogens is 2. The number of sulfonamides is 1. The predicted octanol–water partition coefficient (Wildman–Crippen LogP) is 5.64. The highest BCUT2D eigenvalue weighted by Gasteiger charge is 2.34. The molecule has 0 aliphatic heterocycles. The van der Waals surface area contributed by atoms with Crippen LogP contribution in [0.4, 0.5) is 5.69 Å². The number of amides is 2. The average molecular weight is 651 g/mol. The Bertz CT molecular complexity index is 1460. The predicted molar refractivity (Wildman–Crippen MR) is 161 cm³/mol. The maximum Gasteiger partial charge on any atom is 0.264 e. The van der Waals surface area contributed by atoms with Gasteiger partial charge in [-0.1, -0.05) is 57.9 Å². The minimum absolute atomic E-state index is 0.0121. The fourth-order valence-electron chi connectivity index (χ4n) is 3.98. The third-order valence-corrected chi connectivity index (χ3v) is 8.43. The van der Waals surface area contributed by atoms with E-state index >= 15 is 0 Å². The van der Waals surface area contributed by atoms with Crippen molar-refractivity contribution in [1.29, 1.82) is 0 Å². The molecule has 0 radical (unpaired) electrons. The second-order valence-electron chi connectivity index (χ2n) is 10.2. The van der Waals surface area contributed by atoms with Crippen LogP contribution in [0.5, 0.6) is 5.75 Å². The molecule has 0 spiro atoms. The van der Waals surface area contributed by atoms with Crippen LogP contribution in [0.3, 0.4) is 0 Å². The maximum absolute atomic E-state index is 14.0. The van der Waals surface area contributed by atoms with Crippen LogP contribution in [-0.2, 0) is 26.2 Å². The van der Waals surface area contributed by atoms with E-state index in [2.05, 4.69) is 21.2 Å². The summed E-state index contributed by atoms with van der Waals surface area (Å²) >= 11 is 9.70. The van der Waals surface area contributed by atoms with Crippen LogP contribution in [0.15, 0.2) is 82.2 Å². The first-order valence-electron chi connectivity index (χ1n) is 12.5. The monoisotopic (exact) mass is 649 g/mol. The number of methoxy groups -OCH3 is 1. The zero-order valence-corrected chi connectivity index (χ0v) is 26.2. The Morgan fingerprint density at radius 2 is 1.70 bits per heavy atom. The number of ether oxygens (including phenoxy) is 1. The summed E-state index contributed by atoms with van der Waals surface area (Å²) in [6.45, 7) is 6.62. The van der Waals surface area contributed by atoms with Gasteiger partial charge >= 0.3 is 0 Å². The van der Waals surface area contributed by atoms with E-state index in [9.17, 15) is 18.0 Å².